The molecule has 0 bridgehead atoms. The molecule has 0 radical (unpaired) electrons. The average Bonchev–Trinajstić information content (AvgIpc) is 2.79. The van der Waals surface area contributed by atoms with E-state index in [1.54, 1.807) is 23.1 Å². The lowest BCUT2D eigenvalue weighted by atomic mass is 10.2. The Morgan fingerprint density at radius 2 is 2.20 bits per heavy atom. The van der Waals surface area contributed by atoms with Crippen LogP contribution in [-0.2, 0) is 4.79 Å². The molecule has 6 heteroatoms. The van der Waals surface area contributed by atoms with Crippen LogP contribution < -0.4 is 5.32 Å². The van der Waals surface area contributed by atoms with E-state index in [9.17, 15) is 4.79 Å². The van der Waals surface area contributed by atoms with E-state index in [2.05, 4.69) is 16.4 Å². The molecule has 0 aliphatic rings. The molecule has 1 atom stereocenters. The van der Waals surface area contributed by atoms with Gasteiger partial charge in [-0.3, -0.25) is 4.79 Å². The highest BCUT2D eigenvalue weighted by Gasteiger charge is 2.17. The number of thiazole rings is 1. The highest BCUT2D eigenvalue weighted by atomic mass is 32.2. The minimum atomic E-state index is -0.788. The van der Waals surface area contributed by atoms with Gasteiger partial charge in [-0.1, -0.05) is 37.7 Å². The second-order valence-electron chi connectivity index (χ2n) is 4.80. The number of carbonyl (C=O) groups is 1. The highest BCUT2D eigenvalue weighted by Crippen LogP contribution is 2.29. The summed E-state index contributed by atoms with van der Waals surface area (Å²) in [6.45, 7) is 3.91. The van der Waals surface area contributed by atoms with Crippen molar-refractivity contribution in [2.75, 3.05) is 5.75 Å². The minimum absolute atomic E-state index is 0.170. The van der Waals surface area contributed by atoms with Crippen LogP contribution in [0.5, 0.6) is 0 Å². The zero-order valence-corrected chi connectivity index (χ0v) is 13.1. The Morgan fingerprint density at radius 1 is 1.45 bits per heavy atom. The molecular formula is C14H18N2O2S2. The Balaban J connectivity index is 1.89. The summed E-state index contributed by atoms with van der Waals surface area (Å²) in [5, 5.41) is 12.2. The van der Waals surface area contributed by atoms with E-state index in [0.29, 0.717) is 6.42 Å². The standard InChI is InChI=1S/C14H18N2O2S2/c1-9(2)15-11(13(17)18)7-8-19-14-16-10-5-3-4-6-12(10)20-14/h3-6,9,11,15H,7-8H2,1-2H3,(H,17,18). The van der Waals surface area contributed by atoms with E-state index in [1.807, 2.05) is 32.0 Å². The Kier molecular flexibility index (Phi) is 5.39. The predicted octanol–water partition coefficient (Wildman–Crippen LogP) is 3.23. The number of benzene rings is 1. The first-order valence-corrected chi connectivity index (χ1v) is 8.33. The van der Waals surface area contributed by atoms with Gasteiger partial charge in [0.05, 0.1) is 10.2 Å². The molecule has 0 aliphatic heterocycles. The number of carboxylic acids is 1. The molecule has 0 amide bonds. The van der Waals surface area contributed by atoms with Gasteiger partial charge in [-0.25, -0.2) is 4.98 Å². The van der Waals surface area contributed by atoms with Gasteiger partial charge < -0.3 is 10.4 Å². The molecule has 4 nitrogen and oxygen atoms in total. The van der Waals surface area contributed by atoms with Crippen LogP contribution in [0.1, 0.15) is 20.3 Å². The van der Waals surface area contributed by atoms with Crippen molar-refractivity contribution in [1.29, 1.82) is 0 Å². The Morgan fingerprint density at radius 3 is 2.85 bits per heavy atom. The van der Waals surface area contributed by atoms with Gasteiger partial charge >= 0.3 is 5.97 Å². The molecule has 0 saturated heterocycles. The number of nitrogens with one attached hydrogen (secondary N) is 1. The van der Waals surface area contributed by atoms with Crippen LogP contribution in [0.2, 0.25) is 0 Å². The molecular weight excluding hydrogens is 292 g/mol. The van der Waals surface area contributed by atoms with E-state index >= 15 is 0 Å². The minimum Gasteiger partial charge on any atom is -0.480 e. The van der Waals surface area contributed by atoms with Crippen molar-refractivity contribution in [2.45, 2.75) is 36.7 Å². The summed E-state index contributed by atoms with van der Waals surface area (Å²) in [6.07, 6.45) is 0.591. The predicted molar refractivity (Wildman–Crippen MR) is 84.7 cm³/mol. The van der Waals surface area contributed by atoms with Crippen molar-refractivity contribution >= 4 is 39.3 Å². The Hall–Kier alpha value is -1.11. The summed E-state index contributed by atoms with van der Waals surface area (Å²) in [4.78, 5) is 15.7. The van der Waals surface area contributed by atoms with Crippen molar-refractivity contribution in [3.05, 3.63) is 24.3 Å². The van der Waals surface area contributed by atoms with E-state index in [4.69, 9.17) is 5.11 Å². The zero-order valence-electron chi connectivity index (χ0n) is 11.5. The highest BCUT2D eigenvalue weighted by molar-refractivity contribution is 8.01. The van der Waals surface area contributed by atoms with Crippen LogP contribution in [0.15, 0.2) is 28.6 Å². The Labute approximate surface area is 126 Å². The van der Waals surface area contributed by atoms with Crippen molar-refractivity contribution in [1.82, 2.24) is 10.3 Å². The maximum Gasteiger partial charge on any atom is 0.320 e. The van der Waals surface area contributed by atoms with Gasteiger partial charge in [-0.15, -0.1) is 11.3 Å². The summed E-state index contributed by atoms with van der Waals surface area (Å²) in [5.41, 5.74) is 1.01. The topological polar surface area (TPSA) is 62.2 Å². The van der Waals surface area contributed by atoms with E-state index in [0.717, 1.165) is 15.6 Å². The number of aromatic nitrogens is 1. The van der Waals surface area contributed by atoms with Gasteiger partial charge in [-0.2, -0.15) is 0 Å². The van der Waals surface area contributed by atoms with Gasteiger partial charge in [0.1, 0.15) is 6.04 Å². The lowest BCUT2D eigenvalue weighted by Crippen LogP contribution is -2.41. The molecule has 0 spiro atoms. The van der Waals surface area contributed by atoms with Crippen LogP contribution in [0.3, 0.4) is 0 Å². The van der Waals surface area contributed by atoms with Crippen molar-refractivity contribution in [2.24, 2.45) is 0 Å². The van der Waals surface area contributed by atoms with Crippen LogP contribution >= 0.6 is 23.1 Å². The molecule has 1 heterocycles. The number of hydrogen-bond donors (Lipinski definition) is 2. The maximum atomic E-state index is 11.1. The zero-order chi connectivity index (χ0) is 14.5. The van der Waals surface area contributed by atoms with E-state index in [1.165, 1.54) is 4.70 Å². The molecule has 1 unspecified atom stereocenters. The fourth-order valence-electron chi connectivity index (χ4n) is 1.86. The number of thioether (sulfide) groups is 1. The molecule has 2 N–H and O–H groups in total. The van der Waals surface area contributed by atoms with Crippen LogP contribution in [0.25, 0.3) is 10.2 Å². The molecule has 0 saturated carbocycles. The van der Waals surface area contributed by atoms with Crippen LogP contribution in [0.4, 0.5) is 0 Å². The third-order valence-electron chi connectivity index (χ3n) is 2.74. The molecule has 1 aromatic heterocycles. The van der Waals surface area contributed by atoms with Gasteiger partial charge in [0, 0.05) is 11.8 Å². The number of carboxylic acid groups (broad SMARTS) is 1. The van der Waals surface area contributed by atoms with E-state index < -0.39 is 12.0 Å². The number of rotatable bonds is 7. The van der Waals surface area contributed by atoms with Crippen molar-refractivity contribution in [3.63, 3.8) is 0 Å². The quantitative estimate of drug-likeness (QED) is 0.769. The number of aliphatic carboxylic acids is 1. The average molecular weight is 310 g/mol. The van der Waals surface area contributed by atoms with Gasteiger partial charge in [0.15, 0.2) is 4.34 Å². The van der Waals surface area contributed by atoms with E-state index in [-0.39, 0.29) is 6.04 Å². The SMILES string of the molecule is CC(C)NC(CCSc1nc2ccccc2s1)C(=O)O. The number of hydrogen-bond acceptors (Lipinski definition) is 5. The normalized spacial score (nSPS) is 12.9. The fraction of sp³-hybridized carbons (Fsp3) is 0.429. The van der Waals surface area contributed by atoms with Gasteiger partial charge in [0.2, 0.25) is 0 Å². The third-order valence-corrected chi connectivity index (χ3v) is 4.95. The maximum absolute atomic E-state index is 11.1. The summed E-state index contributed by atoms with van der Waals surface area (Å²) < 4.78 is 2.17. The molecule has 1 aromatic carbocycles. The molecule has 0 aliphatic carbocycles. The van der Waals surface area contributed by atoms with Crippen molar-refractivity contribution < 1.29 is 9.90 Å². The smallest absolute Gasteiger partial charge is 0.320 e. The summed E-state index contributed by atoms with van der Waals surface area (Å²) in [5.74, 6) is -0.0418. The number of nitrogens with zero attached hydrogens (tertiary/aromatic N) is 1. The molecule has 2 aromatic rings. The number of para-hydroxylation sites is 1. The van der Waals surface area contributed by atoms with Crippen LogP contribution in [0, 0.1) is 0 Å². The summed E-state index contributed by atoms with van der Waals surface area (Å²) >= 11 is 3.28. The third kappa shape index (κ3) is 4.19. The lowest BCUT2D eigenvalue weighted by molar-refractivity contribution is -0.139. The summed E-state index contributed by atoms with van der Waals surface area (Å²) in [7, 11) is 0. The Bertz CT molecular complexity index is 550. The molecule has 108 valence electrons. The van der Waals surface area contributed by atoms with Crippen molar-refractivity contribution in [3.8, 4) is 0 Å². The molecule has 20 heavy (non-hydrogen) atoms. The van der Waals surface area contributed by atoms with Crippen LogP contribution in [-0.4, -0.2) is 33.9 Å². The van der Waals surface area contributed by atoms with Gasteiger partial charge in [0.25, 0.3) is 0 Å². The second kappa shape index (κ2) is 7.06. The molecule has 2 rings (SSSR count). The first kappa shape index (κ1) is 15.3. The van der Waals surface area contributed by atoms with Gasteiger partial charge in [-0.05, 0) is 18.6 Å². The summed E-state index contributed by atoms with van der Waals surface area (Å²) in [6, 6.07) is 7.71. The second-order valence-corrected chi connectivity index (χ2v) is 7.17. The largest absolute Gasteiger partial charge is 0.480 e. The lowest BCUT2D eigenvalue weighted by Gasteiger charge is -2.16. The monoisotopic (exact) mass is 310 g/mol. The number of fused-ring (bicyclic) bond motifs is 1. The fourth-order valence-corrected chi connectivity index (χ4v) is 4.00. The first-order valence-electron chi connectivity index (χ1n) is 6.53. The molecule has 0 fully saturated rings. The first-order chi connectivity index (χ1) is 9.56.